The van der Waals surface area contributed by atoms with E-state index >= 15 is 0 Å². The molecule has 4 nitrogen and oxygen atoms in total. The Morgan fingerprint density at radius 1 is 1.16 bits per heavy atom. The third-order valence-corrected chi connectivity index (χ3v) is 3.33. The molecule has 19 heavy (non-hydrogen) atoms. The van der Waals surface area contributed by atoms with Gasteiger partial charge in [0, 0.05) is 16.5 Å². The molecule has 6 heteroatoms. The maximum absolute atomic E-state index is 11.3. The van der Waals surface area contributed by atoms with E-state index in [1.807, 2.05) is 0 Å². The summed E-state index contributed by atoms with van der Waals surface area (Å²) in [6.07, 6.45) is 1.36. The number of hydrogen-bond donors (Lipinski definition) is 2. The van der Waals surface area contributed by atoms with Crippen LogP contribution in [-0.2, 0) is 9.59 Å². The van der Waals surface area contributed by atoms with Gasteiger partial charge in [-0.3, -0.25) is 9.59 Å². The summed E-state index contributed by atoms with van der Waals surface area (Å²) < 4.78 is 0. The highest BCUT2D eigenvalue weighted by molar-refractivity contribution is 6.35. The highest BCUT2D eigenvalue weighted by Crippen LogP contribution is 2.31. The molecule has 1 rings (SSSR count). The molecule has 0 spiro atoms. The second-order valence-electron chi connectivity index (χ2n) is 4.20. The van der Waals surface area contributed by atoms with E-state index in [2.05, 4.69) is 0 Å². The maximum Gasteiger partial charge on any atom is 0.311 e. The largest absolute Gasteiger partial charge is 0.481 e. The molecule has 2 N–H and O–H groups in total. The first kappa shape index (κ1) is 15.8. The Bertz CT molecular complexity index is 474. The summed E-state index contributed by atoms with van der Waals surface area (Å²) in [4.78, 5) is 21.6. The number of aliphatic carboxylic acids is 2. The van der Waals surface area contributed by atoms with Gasteiger partial charge in [0.05, 0.1) is 5.92 Å². The molecule has 1 unspecified atom stereocenters. The molecule has 0 aliphatic heterocycles. The Kier molecular flexibility index (Phi) is 6.12. The Labute approximate surface area is 121 Å². The van der Waals surface area contributed by atoms with Crippen molar-refractivity contribution >= 4 is 35.1 Å². The van der Waals surface area contributed by atoms with Crippen molar-refractivity contribution in [3.8, 4) is 0 Å². The second kappa shape index (κ2) is 7.36. The van der Waals surface area contributed by atoms with Crippen LogP contribution in [0.25, 0.3) is 0 Å². The van der Waals surface area contributed by atoms with Crippen molar-refractivity contribution in [2.24, 2.45) is 0 Å². The van der Waals surface area contributed by atoms with Crippen molar-refractivity contribution < 1.29 is 19.8 Å². The van der Waals surface area contributed by atoms with Crippen molar-refractivity contribution in [2.45, 2.75) is 31.6 Å². The fourth-order valence-corrected chi connectivity index (χ4v) is 2.36. The van der Waals surface area contributed by atoms with E-state index in [1.54, 1.807) is 12.1 Å². The van der Waals surface area contributed by atoms with Gasteiger partial charge in [0.15, 0.2) is 0 Å². The van der Waals surface area contributed by atoms with Crippen LogP contribution in [0.2, 0.25) is 10.0 Å². The Hall–Kier alpha value is -1.26. The van der Waals surface area contributed by atoms with E-state index in [0.717, 1.165) is 0 Å². The van der Waals surface area contributed by atoms with Crippen LogP contribution in [-0.4, -0.2) is 22.2 Å². The molecule has 1 atom stereocenters. The zero-order valence-electron chi connectivity index (χ0n) is 10.1. The van der Waals surface area contributed by atoms with Crippen molar-refractivity contribution in [2.75, 3.05) is 0 Å². The van der Waals surface area contributed by atoms with Gasteiger partial charge in [0.2, 0.25) is 0 Å². The molecule has 0 amide bonds. The third kappa shape index (κ3) is 5.09. The van der Waals surface area contributed by atoms with Gasteiger partial charge in [-0.2, -0.15) is 0 Å². The van der Waals surface area contributed by atoms with E-state index in [9.17, 15) is 14.7 Å². The molecule has 0 aromatic heterocycles. The lowest BCUT2D eigenvalue weighted by atomic mass is 9.93. The standard InChI is InChI=1S/C13H14Cl2O4/c14-8-5-6-9(11(15)7-8)10(13(18)19)3-1-2-4-12(16)17/h5-7,10H,1-4H2,(H,16,17)(H,18,19). The first-order chi connectivity index (χ1) is 8.91. The Morgan fingerprint density at radius 3 is 2.37 bits per heavy atom. The summed E-state index contributed by atoms with van der Waals surface area (Å²) in [7, 11) is 0. The molecule has 0 bridgehead atoms. The van der Waals surface area contributed by atoms with Gasteiger partial charge in [0.25, 0.3) is 0 Å². The topological polar surface area (TPSA) is 74.6 Å². The summed E-state index contributed by atoms with van der Waals surface area (Å²) >= 11 is 11.8. The van der Waals surface area contributed by atoms with Crippen LogP contribution in [0.5, 0.6) is 0 Å². The number of benzene rings is 1. The molecular weight excluding hydrogens is 291 g/mol. The zero-order chi connectivity index (χ0) is 14.4. The number of rotatable bonds is 7. The molecule has 104 valence electrons. The van der Waals surface area contributed by atoms with Crippen molar-refractivity contribution in [1.29, 1.82) is 0 Å². The molecule has 0 radical (unpaired) electrons. The lowest BCUT2D eigenvalue weighted by Gasteiger charge is -2.14. The minimum absolute atomic E-state index is 0.0424. The van der Waals surface area contributed by atoms with Crippen LogP contribution in [0, 0.1) is 0 Å². The average Bonchev–Trinajstić information content (AvgIpc) is 2.30. The first-order valence-corrected chi connectivity index (χ1v) is 6.57. The minimum Gasteiger partial charge on any atom is -0.481 e. The summed E-state index contributed by atoms with van der Waals surface area (Å²) in [5, 5.41) is 18.5. The molecule has 0 aliphatic rings. The summed E-state index contributed by atoms with van der Waals surface area (Å²) in [5.41, 5.74) is 0.508. The van der Waals surface area contributed by atoms with E-state index in [-0.39, 0.29) is 6.42 Å². The van der Waals surface area contributed by atoms with E-state index in [1.165, 1.54) is 6.07 Å². The van der Waals surface area contributed by atoms with E-state index in [0.29, 0.717) is 34.9 Å². The molecule has 0 aliphatic carbocycles. The molecule has 0 fully saturated rings. The zero-order valence-corrected chi connectivity index (χ0v) is 11.6. The molecule has 1 aromatic carbocycles. The van der Waals surface area contributed by atoms with Crippen molar-refractivity contribution in [1.82, 2.24) is 0 Å². The van der Waals surface area contributed by atoms with E-state index < -0.39 is 17.9 Å². The van der Waals surface area contributed by atoms with Crippen LogP contribution < -0.4 is 0 Å². The molecule has 0 saturated heterocycles. The number of carboxylic acids is 2. The predicted octanol–water partition coefficient (Wildman–Crippen LogP) is 3.81. The highest BCUT2D eigenvalue weighted by Gasteiger charge is 2.22. The lowest BCUT2D eigenvalue weighted by Crippen LogP contribution is -2.12. The highest BCUT2D eigenvalue weighted by atomic mass is 35.5. The molecular formula is C13H14Cl2O4. The first-order valence-electron chi connectivity index (χ1n) is 5.81. The van der Waals surface area contributed by atoms with Crippen molar-refractivity contribution in [3.05, 3.63) is 33.8 Å². The maximum atomic E-state index is 11.3. The SMILES string of the molecule is O=C(O)CCCCC(C(=O)O)c1ccc(Cl)cc1Cl. The average molecular weight is 305 g/mol. The van der Waals surface area contributed by atoms with E-state index in [4.69, 9.17) is 28.3 Å². The van der Waals surface area contributed by atoms with Crippen LogP contribution in [0.1, 0.15) is 37.2 Å². The van der Waals surface area contributed by atoms with Crippen LogP contribution in [0.3, 0.4) is 0 Å². The second-order valence-corrected chi connectivity index (χ2v) is 5.04. The number of carbonyl (C=O) groups is 2. The fourth-order valence-electron chi connectivity index (χ4n) is 1.82. The quantitative estimate of drug-likeness (QED) is 0.751. The summed E-state index contributed by atoms with van der Waals surface area (Å²) in [5.74, 6) is -2.59. The van der Waals surface area contributed by atoms with Crippen LogP contribution in [0.4, 0.5) is 0 Å². The normalized spacial score (nSPS) is 12.1. The Balaban J connectivity index is 2.72. The predicted molar refractivity (Wildman–Crippen MR) is 72.9 cm³/mol. The van der Waals surface area contributed by atoms with Gasteiger partial charge in [-0.1, -0.05) is 35.7 Å². The molecule has 1 aromatic rings. The lowest BCUT2D eigenvalue weighted by molar-refractivity contribution is -0.139. The van der Waals surface area contributed by atoms with Gasteiger partial charge in [-0.05, 0) is 30.5 Å². The van der Waals surface area contributed by atoms with Crippen LogP contribution in [0.15, 0.2) is 18.2 Å². The number of halogens is 2. The van der Waals surface area contributed by atoms with Gasteiger partial charge in [-0.15, -0.1) is 0 Å². The van der Waals surface area contributed by atoms with Gasteiger partial charge in [0.1, 0.15) is 0 Å². The number of unbranched alkanes of at least 4 members (excludes halogenated alkanes) is 1. The Morgan fingerprint density at radius 2 is 1.84 bits per heavy atom. The third-order valence-electron chi connectivity index (χ3n) is 2.77. The smallest absolute Gasteiger partial charge is 0.311 e. The number of carboxylic acid groups (broad SMARTS) is 2. The van der Waals surface area contributed by atoms with Crippen LogP contribution >= 0.6 is 23.2 Å². The van der Waals surface area contributed by atoms with Crippen molar-refractivity contribution in [3.63, 3.8) is 0 Å². The molecule has 0 heterocycles. The van der Waals surface area contributed by atoms with Gasteiger partial charge >= 0.3 is 11.9 Å². The summed E-state index contributed by atoms with van der Waals surface area (Å²) in [6, 6.07) is 4.70. The summed E-state index contributed by atoms with van der Waals surface area (Å²) in [6.45, 7) is 0. The van der Waals surface area contributed by atoms with Gasteiger partial charge < -0.3 is 10.2 Å². The van der Waals surface area contributed by atoms with Gasteiger partial charge in [-0.25, -0.2) is 0 Å². The number of hydrogen-bond acceptors (Lipinski definition) is 2. The minimum atomic E-state index is -0.973. The fraction of sp³-hybridized carbons (Fsp3) is 0.385. The monoisotopic (exact) mass is 304 g/mol. The molecule has 0 saturated carbocycles.